The minimum absolute atomic E-state index is 0.0745. The highest BCUT2D eigenvalue weighted by Crippen LogP contribution is 2.61. The number of amides is 1. The second-order valence-electron chi connectivity index (χ2n) is 10.1. The zero-order valence-electron chi connectivity index (χ0n) is 18.0. The van der Waals surface area contributed by atoms with Gasteiger partial charge in [-0.15, -0.1) is 0 Å². The molecule has 6 rings (SSSR count). The van der Waals surface area contributed by atoms with Crippen molar-refractivity contribution in [3.63, 3.8) is 0 Å². The van der Waals surface area contributed by atoms with Gasteiger partial charge in [-0.3, -0.25) is 14.4 Å². The van der Waals surface area contributed by atoms with Crippen molar-refractivity contribution in [3.8, 4) is 0 Å². The van der Waals surface area contributed by atoms with Crippen LogP contribution in [-0.4, -0.2) is 35.3 Å². The molecule has 0 saturated heterocycles. The standard InChI is InChI=1S/C25H30N2O4/c1-15(24(30)20-13-26-21-5-3-2-4-19(20)21)31-23(29)14-27-22(28)12-25-9-16-6-17(10-25)8-18(7-16)11-25/h2-5,13,15-18,26H,6-12,14H2,1H3,(H,27,28)/t15-,16?,17?,18?,25?/m0/s1. The highest BCUT2D eigenvalue weighted by atomic mass is 16.5. The van der Waals surface area contributed by atoms with Crippen molar-refractivity contribution in [3.05, 3.63) is 36.0 Å². The Balaban J connectivity index is 1.12. The third-order valence-corrected chi connectivity index (χ3v) is 7.66. The van der Waals surface area contributed by atoms with Crippen LogP contribution in [0.1, 0.15) is 62.2 Å². The number of para-hydroxylation sites is 1. The molecular weight excluding hydrogens is 392 g/mol. The number of carbonyl (C=O) groups is 3. The first kappa shape index (κ1) is 20.3. The minimum Gasteiger partial charge on any atom is -0.453 e. The number of H-pyrrole nitrogens is 1. The molecule has 6 heteroatoms. The predicted molar refractivity (Wildman–Crippen MR) is 116 cm³/mol. The molecule has 2 aromatic rings. The van der Waals surface area contributed by atoms with Gasteiger partial charge in [-0.2, -0.15) is 0 Å². The summed E-state index contributed by atoms with van der Waals surface area (Å²) in [6.45, 7) is 1.37. The van der Waals surface area contributed by atoms with Crippen molar-refractivity contribution in [1.29, 1.82) is 0 Å². The van der Waals surface area contributed by atoms with Crippen molar-refractivity contribution in [2.45, 2.75) is 58.0 Å². The van der Waals surface area contributed by atoms with Crippen LogP contribution >= 0.6 is 0 Å². The van der Waals surface area contributed by atoms with Crippen LogP contribution in [0.25, 0.3) is 10.9 Å². The van der Waals surface area contributed by atoms with E-state index in [2.05, 4.69) is 10.3 Å². The second-order valence-corrected chi connectivity index (χ2v) is 10.1. The van der Waals surface area contributed by atoms with Gasteiger partial charge >= 0.3 is 5.97 Å². The average Bonchev–Trinajstić information content (AvgIpc) is 3.14. The molecule has 1 aromatic heterocycles. The number of ether oxygens (including phenoxy) is 1. The number of esters is 1. The van der Waals surface area contributed by atoms with Gasteiger partial charge in [0.05, 0.1) is 0 Å². The number of hydrogen-bond donors (Lipinski definition) is 2. The maximum atomic E-state index is 12.7. The number of fused-ring (bicyclic) bond motifs is 1. The smallest absolute Gasteiger partial charge is 0.326 e. The summed E-state index contributed by atoms with van der Waals surface area (Å²) in [6.07, 6.45) is 8.75. The van der Waals surface area contributed by atoms with Gasteiger partial charge in [0.2, 0.25) is 11.7 Å². The van der Waals surface area contributed by atoms with Crippen molar-refractivity contribution < 1.29 is 19.1 Å². The molecule has 1 heterocycles. The van der Waals surface area contributed by atoms with E-state index in [1.165, 1.54) is 19.3 Å². The molecule has 1 amide bonds. The molecule has 4 saturated carbocycles. The maximum Gasteiger partial charge on any atom is 0.326 e. The molecule has 4 bridgehead atoms. The van der Waals surface area contributed by atoms with Gasteiger partial charge in [-0.25, -0.2) is 0 Å². The van der Waals surface area contributed by atoms with Crippen molar-refractivity contribution >= 4 is 28.6 Å². The van der Waals surface area contributed by atoms with Gasteiger partial charge in [-0.1, -0.05) is 18.2 Å². The summed E-state index contributed by atoms with van der Waals surface area (Å²) >= 11 is 0. The summed E-state index contributed by atoms with van der Waals surface area (Å²) in [5.41, 5.74) is 1.50. The maximum absolute atomic E-state index is 12.7. The Morgan fingerprint density at radius 1 is 1.10 bits per heavy atom. The molecule has 4 fully saturated rings. The lowest BCUT2D eigenvalue weighted by atomic mass is 9.49. The molecular formula is C25H30N2O4. The summed E-state index contributed by atoms with van der Waals surface area (Å²) in [6, 6.07) is 7.51. The Morgan fingerprint density at radius 2 is 1.74 bits per heavy atom. The van der Waals surface area contributed by atoms with Gasteiger partial charge < -0.3 is 15.0 Å². The number of hydrogen-bond acceptors (Lipinski definition) is 4. The molecule has 4 aliphatic carbocycles. The quantitative estimate of drug-likeness (QED) is 0.521. The Kier molecular flexibility index (Phi) is 5.11. The van der Waals surface area contributed by atoms with Crippen molar-refractivity contribution in [1.82, 2.24) is 10.3 Å². The third kappa shape index (κ3) is 4.00. The number of aromatic nitrogens is 1. The molecule has 31 heavy (non-hydrogen) atoms. The predicted octanol–water partition coefficient (Wildman–Crippen LogP) is 4.01. The largest absolute Gasteiger partial charge is 0.453 e. The molecule has 6 nitrogen and oxygen atoms in total. The lowest BCUT2D eigenvalue weighted by molar-refractivity contribution is -0.147. The van der Waals surface area contributed by atoms with Crippen LogP contribution in [0.3, 0.4) is 0 Å². The van der Waals surface area contributed by atoms with E-state index >= 15 is 0 Å². The molecule has 164 valence electrons. The van der Waals surface area contributed by atoms with E-state index in [0.717, 1.165) is 47.9 Å². The third-order valence-electron chi connectivity index (χ3n) is 7.66. The fraction of sp³-hybridized carbons (Fsp3) is 0.560. The van der Waals surface area contributed by atoms with E-state index in [1.54, 1.807) is 13.1 Å². The number of rotatable bonds is 7. The van der Waals surface area contributed by atoms with E-state index in [-0.39, 0.29) is 23.7 Å². The molecule has 1 aromatic carbocycles. The first-order chi connectivity index (χ1) is 14.9. The first-order valence-corrected chi connectivity index (χ1v) is 11.5. The number of ketones is 1. The summed E-state index contributed by atoms with van der Waals surface area (Å²) in [7, 11) is 0. The highest BCUT2D eigenvalue weighted by Gasteiger charge is 2.51. The van der Waals surface area contributed by atoms with Crippen LogP contribution in [0.5, 0.6) is 0 Å². The second kappa shape index (κ2) is 7.81. The lowest BCUT2D eigenvalue weighted by Gasteiger charge is -2.56. The lowest BCUT2D eigenvalue weighted by Crippen LogP contribution is -2.48. The summed E-state index contributed by atoms with van der Waals surface area (Å²) in [4.78, 5) is 40.6. The molecule has 0 aliphatic heterocycles. The van der Waals surface area contributed by atoms with Gasteiger partial charge in [0, 0.05) is 29.1 Å². The zero-order chi connectivity index (χ0) is 21.6. The van der Waals surface area contributed by atoms with E-state index in [4.69, 9.17) is 4.74 Å². The molecule has 0 radical (unpaired) electrons. The van der Waals surface area contributed by atoms with Crippen LogP contribution in [0.2, 0.25) is 0 Å². The van der Waals surface area contributed by atoms with Crippen LogP contribution in [0, 0.1) is 23.2 Å². The van der Waals surface area contributed by atoms with E-state index in [9.17, 15) is 14.4 Å². The number of nitrogens with one attached hydrogen (secondary N) is 2. The van der Waals surface area contributed by atoms with Gasteiger partial charge in [0.25, 0.3) is 0 Å². The summed E-state index contributed by atoms with van der Waals surface area (Å²) in [5, 5.41) is 3.54. The molecule has 0 spiro atoms. The normalized spacial score (nSPS) is 29.6. The average molecular weight is 423 g/mol. The van der Waals surface area contributed by atoms with Crippen LogP contribution in [0.4, 0.5) is 0 Å². The molecule has 2 N–H and O–H groups in total. The SMILES string of the molecule is C[C@H](OC(=O)CNC(=O)CC12CC3CC(CC(C3)C1)C2)C(=O)c1c[nH]c2ccccc12. The van der Waals surface area contributed by atoms with Crippen LogP contribution in [-0.2, 0) is 14.3 Å². The topological polar surface area (TPSA) is 88.3 Å². The Morgan fingerprint density at radius 3 is 2.42 bits per heavy atom. The number of benzene rings is 1. The van der Waals surface area contributed by atoms with Crippen molar-refractivity contribution in [2.75, 3.05) is 6.54 Å². The Hall–Kier alpha value is -2.63. The first-order valence-electron chi connectivity index (χ1n) is 11.5. The number of carbonyl (C=O) groups excluding carboxylic acids is 3. The van der Waals surface area contributed by atoms with Crippen molar-refractivity contribution in [2.24, 2.45) is 23.2 Å². The van der Waals surface area contributed by atoms with E-state index in [1.807, 2.05) is 24.3 Å². The van der Waals surface area contributed by atoms with Gasteiger partial charge in [-0.05, 0) is 74.7 Å². The monoisotopic (exact) mass is 422 g/mol. The zero-order valence-corrected chi connectivity index (χ0v) is 18.0. The molecule has 0 unspecified atom stereocenters. The van der Waals surface area contributed by atoms with E-state index in [0.29, 0.717) is 12.0 Å². The summed E-state index contributed by atoms with van der Waals surface area (Å²) < 4.78 is 5.31. The molecule has 1 atom stereocenters. The minimum atomic E-state index is -0.910. The highest BCUT2D eigenvalue weighted by molar-refractivity contribution is 6.10. The Bertz CT molecular complexity index is 988. The van der Waals surface area contributed by atoms with Gasteiger partial charge in [0.1, 0.15) is 6.54 Å². The van der Waals surface area contributed by atoms with Crippen LogP contribution in [0.15, 0.2) is 30.5 Å². The fourth-order valence-electron chi connectivity index (χ4n) is 6.87. The van der Waals surface area contributed by atoms with Crippen LogP contribution < -0.4 is 5.32 Å². The number of Topliss-reactive ketones (excluding diaryl/α,β-unsaturated/α-hetero) is 1. The summed E-state index contributed by atoms with van der Waals surface area (Å²) in [5.74, 6) is 1.46. The van der Waals surface area contributed by atoms with E-state index < -0.39 is 12.1 Å². The van der Waals surface area contributed by atoms with Gasteiger partial charge in [0.15, 0.2) is 6.10 Å². The number of aromatic amines is 1. The molecule has 4 aliphatic rings. The Labute approximate surface area is 182 Å². The fourth-order valence-corrected chi connectivity index (χ4v) is 6.87.